The van der Waals surface area contributed by atoms with Crippen molar-refractivity contribution in [1.29, 1.82) is 0 Å². The van der Waals surface area contributed by atoms with Crippen molar-refractivity contribution in [3.8, 4) is 0 Å². The van der Waals surface area contributed by atoms with Gasteiger partial charge >= 0.3 is 0 Å². The summed E-state index contributed by atoms with van der Waals surface area (Å²) in [7, 11) is 1.47. The molecule has 1 aromatic carbocycles. The first-order valence-electron chi connectivity index (χ1n) is 6.75. The van der Waals surface area contributed by atoms with Gasteiger partial charge in [0.05, 0.1) is 6.54 Å². The van der Waals surface area contributed by atoms with Gasteiger partial charge in [-0.2, -0.15) is 0 Å². The van der Waals surface area contributed by atoms with Gasteiger partial charge in [-0.15, -0.1) is 0 Å². The molecule has 0 aromatic heterocycles. The lowest BCUT2D eigenvalue weighted by molar-refractivity contribution is -0.125. The lowest BCUT2D eigenvalue weighted by Crippen LogP contribution is -2.46. The highest BCUT2D eigenvalue weighted by Gasteiger charge is 2.37. The number of carbonyl (C=O) groups is 3. The number of hydrogen-bond acceptors (Lipinski definition) is 3. The molecule has 0 fully saturated rings. The number of aryl methyl sites for hydroxylation is 1. The predicted octanol–water partition coefficient (Wildman–Crippen LogP) is 1.18. The van der Waals surface area contributed by atoms with Crippen LogP contribution in [0.4, 0.5) is 4.39 Å². The fourth-order valence-electron chi connectivity index (χ4n) is 2.56. The highest BCUT2D eigenvalue weighted by atomic mass is 19.1. The minimum absolute atomic E-state index is 0.0542. The molecule has 1 aromatic rings. The van der Waals surface area contributed by atoms with Crippen molar-refractivity contribution in [3.05, 3.63) is 34.6 Å². The second-order valence-corrected chi connectivity index (χ2v) is 5.03. The standard InChI is InChI=1S/C15H17FN2O3/c1-9-5-6-10-11(13(9)16)8-18(15(10)21)12(4-3-7-19)14(20)17-2/h5-7,12H,3-4,8H2,1-2H3,(H,17,20). The van der Waals surface area contributed by atoms with Gasteiger partial charge in [0.25, 0.3) is 5.91 Å². The normalized spacial score (nSPS) is 14.8. The average molecular weight is 292 g/mol. The number of amides is 2. The maximum Gasteiger partial charge on any atom is 0.255 e. The Balaban J connectivity index is 2.33. The Morgan fingerprint density at radius 1 is 1.52 bits per heavy atom. The van der Waals surface area contributed by atoms with Gasteiger partial charge in [0, 0.05) is 24.6 Å². The first-order chi connectivity index (χ1) is 10.0. The summed E-state index contributed by atoms with van der Waals surface area (Å²) in [6.45, 7) is 1.68. The molecule has 1 atom stereocenters. The van der Waals surface area contributed by atoms with E-state index in [0.717, 1.165) is 0 Å². The lowest BCUT2D eigenvalue weighted by atomic mass is 10.1. The first-order valence-corrected chi connectivity index (χ1v) is 6.75. The molecule has 2 rings (SSSR count). The van der Waals surface area contributed by atoms with Crippen LogP contribution in [0.3, 0.4) is 0 Å². The Bertz CT molecular complexity index is 601. The number of hydrogen-bond donors (Lipinski definition) is 1. The SMILES string of the molecule is CNC(=O)C(CCC=O)N1Cc2c(ccc(C)c2F)C1=O. The molecule has 1 N–H and O–H groups in total. The topological polar surface area (TPSA) is 66.5 Å². The summed E-state index contributed by atoms with van der Waals surface area (Å²) in [6, 6.07) is 2.37. The third-order valence-corrected chi connectivity index (χ3v) is 3.74. The van der Waals surface area contributed by atoms with E-state index in [0.29, 0.717) is 17.4 Å². The molecule has 1 heterocycles. The highest BCUT2D eigenvalue weighted by Crippen LogP contribution is 2.29. The van der Waals surface area contributed by atoms with E-state index in [4.69, 9.17) is 0 Å². The molecule has 112 valence electrons. The van der Waals surface area contributed by atoms with Crippen LogP contribution in [-0.2, 0) is 16.1 Å². The number of benzene rings is 1. The van der Waals surface area contributed by atoms with Crippen LogP contribution in [0.5, 0.6) is 0 Å². The molecule has 0 radical (unpaired) electrons. The lowest BCUT2D eigenvalue weighted by Gasteiger charge is -2.25. The van der Waals surface area contributed by atoms with Gasteiger partial charge in [-0.05, 0) is 25.0 Å². The molecule has 5 nitrogen and oxygen atoms in total. The number of halogens is 1. The van der Waals surface area contributed by atoms with Gasteiger partial charge in [-0.3, -0.25) is 9.59 Å². The van der Waals surface area contributed by atoms with Crippen LogP contribution in [0.15, 0.2) is 12.1 Å². The van der Waals surface area contributed by atoms with Crippen molar-refractivity contribution in [2.45, 2.75) is 32.4 Å². The van der Waals surface area contributed by atoms with Crippen LogP contribution in [0, 0.1) is 12.7 Å². The smallest absolute Gasteiger partial charge is 0.255 e. The first kappa shape index (κ1) is 15.2. The summed E-state index contributed by atoms with van der Waals surface area (Å²) >= 11 is 0. The van der Waals surface area contributed by atoms with E-state index in [9.17, 15) is 18.8 Å². The Morgan fingerprint density at radius 3 is 2.86 bits per heavy atom. The van der Waals surface area contributed by atoms with Crippen molar-refractivity contribution < 1.29 is 18.8 Å². The minimum Gasteiger partial charge on any atom is -0.357 e. The molecule has 0 bridgehead atoms. The summed E-state index contributed by atoms with van der Waals surface area (Å²) < 4.78 is 14.1. The third kappa shape index (κ3) is 2.66. The minimum atomic E-state index is -0.764. The van der Waals surface area contributed by atoms with E-state index in [1.54, 1.807) is 19.1 Å². The van der Waals surface area contributed by atoms with Gasteiger partial charge in [-0.25, -0.2) is 4.39 Å². The number of likely N-dealkylation sites (N-methyl/N-ethyl adjacent to an activating group) is 1. The predicted molar refractivity (Wildman–Crippen MR) is 74.2 cm³/mol. The number of nitrogens with one attached hydrogen (secondary N) is 1. The number of nitrogens with zero attached hydrogens (tertiary/aromatic N) is 1. The van der Waals surface area contributed by atoms with Crippen molar-refractivity contribution in [1.82, 2.24) is 10.2 Å². The summed E-state index contributed by atoms with van der Waals surface area (Å²) in [5.74, 6) is -1.13. The summed E-state index contributed by atoms with van der Waals surface area (Å²) in [6.07, 6.45) is 1.09. The molecule has 1 unspecified atom stereocenters. The van der Waals surface area contributed by atoms with E-state index >= 15 is 0 Å². The van der Waals surface area contributed by atoms with Crippen LogP contribution in [0.25, 0.3) is 0 Å². The Kier molecular flexibility index (Phi) is 4.35. The van der Waals surface area contributed by atoms with Crippen molar-refractivity contribution >= 4 is 18.1 Å². The second-order valence-electron chi connectivity index (χ2n) is 5.03. The number of fused-ring (bicyclic) bond motifs is 1. The molecule has 0 saturated heterocycles. The number of carbonyl (C=O) groups excluding carboxylic acids is 3. The van der Waals surface area contributed by atoms with Crippen LogP contribution in [0.2, 0.25) is 0 Å². The monoisotopic (exact) mass is 292 g/mol. The molecule has 6 heteroatoms. The molecular formula is C15H17FN2O3. The molecule has 21 heavy (non-hydrogen) atoms. The van der Waals surface area contributed by atoms with Crippen LogP contribution >= 0.6 is 0 Å². The largest absolute Gasteiger partial charge is 0.357 e. The molecule has 0 saturated carbocycles. The van der Waals surface area contributed by atoms with Crippen LogP contribution < -0.4 is 5.32 Å². The fraction of sp³-hybridized carbons (Fsp3) is 0.400. The third-order valence-electron chi connectivity index (χ3n) is 3.74. The van der Waals surface area contributed by atoms with Gasteiger partial charge < -0.3 is 15.0 Å². The zero-order valence-corrected chi connectivity index (χ0v) is 12.0. The number of rotatable bonds is 5. The zero-order valence-electron chi connectivity index (χ0n) is 12.0. The van der Waals surface area contributed by atoms with Gasteiger partial charge in [-0.1, -0.05) is 6.07 Å². The van der Waals surface area contributed by atoms with Gasteiger partial charge in [0.2, 0.25) is 5.91 Å². The van der Waals surface area contributed by atoms with Crippen LogP contribution in [0.1, 0.15) is 34.3 Å². The highest BCUT2D eigenvalue weighted by molar-refractivity contribution is 6.01. The van der Waals surface area contributed by atoms with Crippen LogP contribution in [-0.4, -0.2) is 36.1 Å². The molecular weight excluding hydrogens is 275 g/mol. The van der Waals surface area contributed by atoms with Crippen molar-refractivity contribution in [3.63, 3.8) is 0 Å². The molecule has 0 aliphatic carbocycles. The molecule has 1 aliphatic heterocycles. The van der Waals surface area contributed by atoms with E-state index in [1.165, 1.54) is 11.9 Å². The zero-order chi connectivity index (χ0) is 15.6. The quantitative estimate of drug-likeness (QED) is 0.829. The maximum atomic E-state index is 14.1. The molecule has 0 spiro atoms. The fourth-order valence-corrected chi connectivity index (χ4v) is 2.56. The average Bonchev–Trinajstić information content (AvgIpc) is 2.81. The maximum absolute atomic E-state index is 14.1. The Labute approximate surface area is 122 Å². The van der Waals surface area contributed by atoms with E-state index in [-0.39, 0.29) is 36.8 Å². The molecule has 1 aliphatic rings. The Morgan fingerprint density at radius 2 is 2.24 bits per heavy atom. The van der Waals surface area contributed by atoms with E-state index in [1.807, 2.05) is 0 Å². The van der Waals surface area contributed by atoms with Gasteiger partial charge in [0.1, 0.15) is 18.1 Å². The van der Waals surface area contributed by atoms with E-state index in [2.05, 4.69) is 5.32 Å². The summed E-state index contributed by atoms with van der Waals surface area (Å²) in [4.78, 5) is 36.2. The summed E-state index contributed by atoms with van der Waals surface area (Å²) in [5.41, 5.74) is 1.07. The van der Waals surface area contributed by atoms with Crippen molar-refractivity contribution in [2.75, 3.05) is 7.05 Å². The van der Waals surface area contributed by atoms with E-state index < -0.39 is 11.9 Å². The van der Waals surface area contributed by atoms with Gasteiger partial charge in [0.15, 0.2) is 0 Å². The second kappa shape index (κ2) is 6.03. The molecule has 2 amide bonds. The number of aldehydes is 1. The summed E-state index contributed by atoms with van der Waals surface area (Å²) in [5, 5.41) is 2.48. The van der Waals surface area contributed by atoms with Crippen molar-refractivity contribution in [2.24, 2.45) is 0 Å². The Hall–Kier alpha value is -2.24.